The van der Waals surface area contributed by atoms with Gasteiger partial charge < -0.3 is 14.5 Å². The molecule has 0 fully saturated rings. The normalized spacial score (nSPS) is 10.5. The molecule has 1 heterocycles. The molecule has 0 bridgehead atoms. The molecule has 0 atom stereocenters. The molecule has 1 aromatic carbocycles. The van der Waals surface area contributed by atoms with Gasteiger partial charge in [0.2, 0.25) is 0 Å². The largest absolute Gasteiger partial charge is 0.491 e. The molecule has 0 unspecified atom stereocenters. The maximum Gasteiger partial charge on any atom is 0.169 e. The first-order valence-corrected chi connectivity index (χ1v) is 7.66. The molecule has 19 heavy (non-hydrogen) atoms. The molecule has 1 aromatic heterocycles. The summed E-state index contributed by atoms with van der Waals surface area (Å²) >= 11 is 12.8. The van der Waals surface area contributed by atoms with Crippen molar-refractivity contribution in [3.05, 3.63) is 44.2 Å². The summed E-state index contributed by atoms with van der Waals surface area (Å²) in [5, 5.41) is 3.89. The highest BCUT2D eigenvalue weighted by Crippen LogP contribution is 2.36. The molecule has 0 aliphatic heterocycles. The third-order valence-electron chi connectivity index (χ3n) is 2.38. The van der Waals surface area contributed by atoms with Crippen molar-refractivity contribution in [3.63, 3.8) is 0 Å². The molecule has 0 amide bonds. The van der Waals surface area contributed by atoms with Crippen LogP contribution in [0.25, 0.3) is 0 Å². The fourth-order valence-electron chi connectivity index (χ4n) is 1.61. The van der Waals surface area contributed by atoms with Crippen LogP contribution in [0.5, 0.6) is 5.75 Å². The molecular formula is C13H12Br2ClNO2. The number of halogens is 3. The van der Waals surface area contributed by atoms with E-state index in [-0.39, 0.29) is 0 Å². The lowest BCUT2D eigenvalue weighted by atomic mass is 10.3. The minimum atomic E-state index is 0.554. The second-order valence-electron chi connectivity index (χ2n) is 3.76. The molecule has 102 valence electrons. The van der Waals surface area contributed by atoms with Crippen molar-refractivity contribution in [1.29, 1.82) is 0 Å². The van der Waals surface area contributed by atoms with Crippen LogP contribution in [0, 0.1) is 0 Å². The lowest BCUT2D eigenvalue weighted by Crippen LogP contribution is -2.02. The van der Waals surface area contributed by atoms with Crippen LogP contribution < -0.4 is 10.1 Å². The molecule has 0 saturated heterocycles. The summed E-state index contributed by atoms with van der Waals surface area (Å²) in [6.07, 6.45) is 0. The van der Waals surface area contributed by atoms with Gasteiger partial charge in [-0.2, -0.15) is 0 Å². The van der Waals surface area contributed by atoms with Crippen molar-refractivity contribution >= 4 is 49.1 Å². The fourth-order valence-corrected chi connectivity index (χ4v) is 2.88. The highest BCUT2D eigenvalue weighted by Gasteiger charge is 2.10. The van der Waals surface area contributed by atoms with Crippen LogP contribution in [0.2, 0.25) is 5.02 Å². The Kier molecular flexibility index (Phi) is 5.19. The van der Waals surface area contributed by atoms with Crippen molar-refractivity contribution in [3.8, 4) is 5.75 Å². The Balaban J connectivity index is 2.18. The van der Waals surface area contributed by atoms with Gasteiger partial charge in [-0.25, -0.2) is 0 Å². The third kappa shape index (κ3) is 3.91. The standard InChI is InChI=1S/C13H12Br2ClNO2/c1-2-18-13-10(14)5-8(16)6-11(13)17-7-9-3-4-12(15)19-9/h3-6,17H,2,7H2,1H3. The highest BCUT2D eigenvalue weighted by atomic mass is 79.9. The van der Waals surface area contributed by atoms with E-state index in [0.717, 1.165) is 21.7 Å². The van der Waals surface area contributed by atoms with Gasteiger partial charge in [-0.1, -0.05) is 11.6 Å². The van der Waals surface area contributed by atoms with Crippen LogP contribution in [-0.2, 0) is 6.54 Å². The summed E-state index contributed by atoms with van der Waals surface area (Å²) in [7, 11) is 0. The third-order valence-corrected chi connectivity index (χ3v) is 3.61. The van der Waals surface area contributed by atoms with Crippen molar-refractivity contribution in [2.45, 2.75) is 13.5 Å². The summed E-state index contributed by atoms with van der Waals surface area (Å²) in [6, 6.07) is 7.39. The Morgan fingerprint density at radius 1 is 1.32 bits per heavy atom. The molecular weight excluding hydrogens is 397 g/mol. The van der Waals surface area contributed by atoms with E-state index in [4.69, 9.17) is 20.8 Å². The van der Waals surface area contributed by atoms with E-state index in [0.29, 0.717) is 22.8 Å². The summed E-state index contributed by atoms with van der Waals surface area (Å²) in [5.74, 6) is 1.57. The average Bonchev–Trinajstić information content (AvgIpc) is 2.76. The van der Waals surface area contributed by atoms with Crippen molar-refractivity contribution in [2.75, 3.05) is 11.9 Å². The molecule has 0 saturated carbocycles. The Bertz CT molecular complexity index is 572. The minimum absolute atomic E-state index is 0.554. The van der Waals surface area contributed by atoms with E-state index in [1.54, 1.807) is 6.07 Å². The van der Waals surface area contributed by atoms with Gasteiger partial charge in [0.25, 0.3) is 0 Å². The maximum atomic E-state index is 6.05. The molecule has 3 nitrogen and oxygen atoms in total. The Morgan fingerprint density at radius 2 is 2.11 bits per heavy atom. The van der Waals surface area contributed by atoms with Crippen LogP contribution in [-0.4, -0.2) is 6.61 Å². The lowest BCUT2D eigenvalue weighted by molar-refractivity contribution is 0.339. The number of hydrogen-bond acceptors (Lipinski definition) is 3. The monoisotopic (exact) mass is 407 g/mol. The molecule has 0 spiro atoms. The van der Waals surface area contributed by atoms with E-state index >= 15 is 0 Å². The van der Waals surface area contributed by atoms with Gasteiger partial charge in [-0.05, 0) is 63.0 Å². The van der Waals surface area contributed by atoms with Crippen LogP contribution in [0.4, 0.5) is 5.69 Å². The SMILES string of the molecule is CCOc1c(Br)cc(Cl)cc1NCc1ccc(Br)o1. The van der Waals surface area contributed by atoms with Gasteiger partial charge in [-0.15, -0.1) is 0 Å². The lowest BCUT2D eigenvalue weighted by Gasteiger charge is -2.14. The molecule has 2 rings (SSSR count). The predicted octanol–water partition coefficient (Wildman–Crippen LogP) is 5.47. The molecule has 0 radical (unpaired) electrons. The van der Waals surface area contributed by atoms with E-state index < -0.39 is 0 Å². The summed E-state index contributed by atoms with van der Waals surface area (Å²) in [4.78, 5) is 0. The average molecular weight is 410 g/mol. The second kappa shape index (κ2) is 6.68. The number of benzene rings is 1. The van der Waals surface area contributed by atoms with Crippen LogP contribution in [0.3, 0.4) is 0 Å². The van der Waals surface area contributed by atoms with Gasteiger partial charge in [0.15, 0.2) is 10.4 Å². The molecule has 2 aromatic rings. The van der Waals surface area contributed by atoms with Gasteiger partial charge in [0.1, 0.15) is 5.76 Å². The van der Waals surface area contributed by atoms with E-state index in [9.17, 15) is 0 Å². The Morgan fingerprint density at radius 3 is 2.74 bits per heavy atom. The number of nitrogens with one attached hydrogen (secondary N) is 1. The zero-order valence-electron chi connectivity index (χ0n) is 10.2. The fraction of sp³-hybridized carbons (Fsp3) is 0.231. The first-order chi connectivity index (χ1) is 9.10. The Labute approximate surface area is 133 Å². The summed E-state index contributed by atoms with van der Waals surface area (Å²) in [5.41, 5.74) is 0.828. The minimum Gasteiger partial charge on any atom is -0.491 e. The predicted molar refractivity (Wildman–Crippen MR) is 84.1 cm³/mol. The van der Waals surface area contributed by atoms with Gasteiger partial charge in [-0.3, -0.25) is 0 Å². The maximum absolute atomic E-state index is 6.05. The number of anilines is 1. The van der Waals surface area contributed by atoms with Crippen molar-refractivity contribution in [2.24, 2.45) is 0 Å². The molecule has 0 aliphatic carbocycles. The molecule has 6 heteroatoms. The smallest absolute Gasteiger partial charge is 0.169 e. The zero-order valence-corrected chi connectivity index (χ0v) is 14.1. The van der Waals surface area contributed by atoms with Crippen molar-refractivity contribution < 1.29 is 9.15 Å². The van der Waals surface area contributed by atoms with Crippen LogP contribution in [0.15, 0.2) is 37.8 Å². The van der Waals surface area contributed by atoms with Crippen LogP contribution >= 0.6 is 43.5 Å². The number of rotatable bonds is 5. The van der Waals surface area contributed by atoms with Crippen molar-refractivity contribution in [1.82, 2.24) is 0 Å². The summed E-state index contributed by atoms with van der Waals surface area (Å²) < 4.78 is 12.6. The Hall–Kier alpha value is -0.650. The van der Waals surface area contributed by atoms with Crippen LogP contribution in [0.1, 0.15) is 12.7 Å². The number of ether oxygens (including phenoxy) is 1. The highest BCUT2D eigenvalue weighted by molar-refractivity contribution is 9.10. The van der Waals surface area contributed by atoms with Gasteiger partial charge >= 0.3 is 0 Å². The quantitative estimate of drug-likeness (QED) is 0.711. The number of furan rings is 1. The molecule has 0 aliphatic rings. The first kappa shape index (κ1) is 14.8. The van der Waals surface area contributed by atoms with E-state index in [1.807, 2.05) is 25.1 Å². The van der Waals surface area contributed by atoms with E-state index in [2.05, 4.69) is 37.2 Å². The van der Waals surface area contributed by atoms with Gasteiger partial charge in [0.05, 0.1) is 23.3 Å². The van der Waals surface area contributed by atoms with Gasteiger partial charge in [0, 0.05) is 5.02 Å². The molecule has 1 N–H and O–H groups in total. The zero-order chi connectivity index (χ0) is 13.8. The second-order valence-corrected chi connectivity index (χ2v) is 5.83. The number of hydrogen-bond donors (Lipinski definition) is 1. The topological polar surface area (TPSA) is 34.4 Å². The first-order valence-electron chi connectivity index (χ1n) is 5.70. The summed E-state index contributed by atoms with van der Waals surface area (Å²) in [6.45, 7) is 3.08. The van der Waals surface area contributed by atoms with E-state index in [1.165, 1.54) is 0 Å².